The lowest BCUT2D eigenvalue weighted by Gasteiger charge is -2.21. The number of anilines is 1. The van der Waals surface area contributed by atoms with Crippen LogP contribution in [0.25, 0.3) is 33.4 Å². The Balaban J connectivity index is 1.58. The van der Waals surface area contributed by atoms with Gasteiger partial charge in [-0.25, -0.2) is 8.42 Å². The molecule has 4 aromatic carbocycles. The van der Waals surface area contributed by atoms with E-state index in [4.69, 9.17) is 9.41 Å². The summed E-state index contributed by atoms with van der Waals surface area (Å²) in [6, 6.07) is 27.3. The number of furan rings is 1. The number of hydrogen-bond acceptors (Lipinski definition) is 5. The number of carbonyl (C=O) groups is 1. The van der Waals surface area contributed by atoms with E-state index in [1.807, 2.05) is 85.8 Å². The molecule has 2 heterocycles. The third kappa shape index (κ3) is 4.80. The Morgan fingerprint density at radius 2 is 1.63 bits per heavy atom. The van der Waals surface area contributed by atoms with Gasteiger partial charge in [0, 0.05) is 43.1 Å². The fourth-order valence-electron chi connectivity index (χ4n) is 5.21. The summed E-state index contributed by atoms with van der Waals surface area (Å²) in [5, 5.41) is 3.33. The lowest BCUT2D eigenvalue weighted by atomic mass is 9.96. The van der Waals surface area contributed by atoms with E-state index in [1.165, 1.54) is 11.4 Å². The largest absolute Gasteiger partial charge is 0.455 e. The van der Waals surface area contributed by atoms with Crippen LogP contribution in [0.3, 0.4) is 0 Å². The Hall–Kier alpha value is -4.69. The highest BCUT2D eigenvalue weighted by Gasteiger charge is 2.26. The predicted molar refractivity (Wildman–Crippen MR) is 165 cm³/mol. The molecule has 0 radical (unpaired) electrons. The SMILES string of the molecule is CNC(=O)c1c(-c2ccc(C)cc2)oc2cc(N(C)S(C)(=O)=O)c(-c3ccc4c(c3)N=C(c3ccccc3)C4)cc12. The highest BCUT2D eigenvalue weighted by Crippen LogP contribution is 2.43. The minimum Gasteiger partial charge on any atom is -0.455 e. The van der Waals surface area contributed by atoms with E-state index in [0.717, 1.165) is 51.9 Å². The quantitative estimate of drug-likeness (QED) is 0.255. The maximum absolute atomic E-state index is 13.2. The van der Waals surface area contributed by atoms with Crippen molar-refractivity contribution in [2.45, 2.75) is 13.3 Å². The van der Waals surface area contributed by atoms with Crippen molar-refractivity contribution in [3.05, 3.63) is 107 Å². The molecule has 1 aliphatic rings. The molecule has 0 spiro atoms. The summed E-state index contributed by atoms with van der Waals surface area (Å²) in [4.78, 5) is 18.1. The number of benzene rings is 4. The van der Waals surface area contributed by atoms with E-state index in [1.54, 1.807) is 13.1 Å². The van der Waals surface area contributed by atoms with E-state index < -0.39 is 10.0 Å². The molecule has 0 fully saturated rings. The summed E-state index contributed by atoms with van der Waals surface area (Å²) in [6.45, 7) is 1.99. The molecule has 1 N–H and O–H groups in total. The van der Waals surface area contributed by atoms with Crippen molar-refractivity contribution in [3.63, 3.8) is 0 Å². The zero-order valence-electron chi connectivity index (χ0n) is 23.2. The topological polar surface area (TPSA) is 92.0 Å². The second-order valence-corrected chi connectivity index (χ2v) is 12.3. The molecule has 0 bridgehead atoms. The average Bonchev–Trinajstić information content (AvgIpc) is 3.57. The molecule has 0 aliphatic carbocycles. The number of aliphatic imine (C=N–C) groups is 1. The molecule has 0 unspecified atom stereocenters. The fraction of sp³-hybridized carbons (Fsp3) is 0.152. The first-order valence-corrected chi connectivity index (χ1v) is 15.1. The van der Waals surface area contributed by atoms with E-state index in [-0.39, 0.29) is 5.91 Å². The van der Waals surface area contributed by atoms with E-state index in [2.05, 4.69) is 5.32 Å². The Bertz CT molecular complexity index is 1960. The standard InChI is InChI=1S/C33H29N3O4S/c1-20-10-12-22(13-11-20)32-31(33(37)34-2)26-18-25(29(19-30(26)40-32)36(3)41(4,38)39)23-14-15-24-17-27(35-28(24)16-23)21-8-6-5-7-9-21/h5-16,18-19H,17H2,1-4H3,(H,34,37). The normalized spacial score (nSPS) is 12.7. The van der Waals surface area contributed by atoms with Gasteiger partial charge in [-0.1, -0.05) is 72.3 Å². The minimum absolute atomic E-state index is 0.291. The number of rotatable bonds is 6. The van der Waals surface area contributed by atoms with Gasteiger partial charge in [0.25, 0.3) is 5.91 Å². The van der Waals surface area contributed by atoms with E-state index >= 15 is 0 Å². The van der Waals surface area contributed by atoms with Crippen molar-refractivity contribution in [1.29, 1.82) is 0 Å². The summed E-state index contributed by atoms with van der Waals surface area (Å²) in [5.41, 5.74) is 8.53. The summed E-state index contributed by atoms with van der Waals surface area (Å²) in [7, 11) is -0.512. The molecule has 1 aliphatic heterocycles. The summed E-state index contributed by atoms with van der Waals surface area (Å²) < 4.78 is 33.0. The van der Waals surface area contributed by atoms with Crippen LogP contribution in [0.4, 0.5) is 11.4 Å². The van der Waals surface area contributed by atoms with E-state index in [0.29, 0.717) is 33.5 Å². The Morgan fingerprint density at radius 3 is 2.32 bits per heavy atom. The molecule has 6 rings (SSSR count). The van der Waals surface area contributed by atoms with Crippen molar-refractivity contribution in [1.82, 2.24) is 5.32 Å². The van der Waals surface area contributed by atoms with Crippen molar-refractivity contribution < 1.29 is 17.6 Å². The Labute approximate surface area is 239 Å². The molecule has 8 heteroatoms. The second-order valence-electron chi connectivity index (χ2n) is 10.3. The molecule has 0 saturated carbocycles. The van der Waals surface area contributed by atoms with Gasteiger partial charge >= 0.3 is 0 Å². The van der Waals surface area contributed by atoms with Gasteiger partial charge in [0.2, 0.25) is 10.0 Å². The van der Waals surface area contributed by atoms with Crippen molar-refractivity contribution in [3.8, 4) is 22.5 Å². The number of nitrogens with zero attached hydrogens (tertiary/aromatic N) is 2. The van der Waals surface area contributed by atoms with Gasteiger partial charge in [0.05, 0.1) is 28.9 Å². The van der Waals surface area contributed by atoms with Crippen LogP contribution in [0.2, 0.25) is 0 Å². The maximum Gasteiger partial charge on any atom is 0.255 e. The van der Waals surface area contributed by atoms with Gasteiger partial charge < -0.3 is 9.73 Å². The number of sulfonamides is 1. The Morgan fingerprint density at radius 1 is 0.927 bits per heavy atom. The van der Waals surface area contributed by atoms with Gasteiger partial charge in [-0.3, -0.25) is 14.1 Å². The fourth-order valence-corrected chi connectivity index (χ4v) is 5.72. The molecule has 7 nitrogen and oxygen atoms in total. The van der Waals surface area contributed by atoms with Crippen molar-refractivity contribution in [2.24, 2.45) is 4.99 Å². The van der Waals surface area contributed by atoms with Crippen LogP contribution in [0.1, 0.15) is 27.0 Å². The first-order valence-electron chi connectivity index (χ1n) is 13.2. The maximum atomic E-state index is 13.2. The molecule has 5 aromatic rings. The lowest BCUT2D eigenvalue weighted by molar-refractivity contribution is 0.0964. The smallest absolute Gasteiger partial charge is 0.255 e. The first-order chi connectivity index (χ1) is 19.6. The highest BCUT2D eigenvalue weighted by atomic mass is 32.2. The van der Waals surface area contributed by atoms with E-state index in [9.17, 15) is 13.2 Å². The summed E-state index contributed by atoms with van der Waals surface area (Å²) in [6.07, 6.45) is 1.88. The van der Waals surface area contributed by atoms with Crippen molar-refractivity contribution >= 4 is 44.0 Å². The molecule has 0 atom stereocenters. The number of fused-ring (bicyclic) bond motifs is 2. The monoisotopic (exact) mass is 563 g/mol. The molecule has 1 aromatic heterocycles. The number of aryl methyl sites for hydroxylation is 1. The van der Waals surface area contributed by atoms with Crippen LogP contribution in [0.5, 0.6) is 0 Å². The Kier molecular flexibility index (Phi) is 6.50. The third-order valence-electron chi connectivity index (χ3n) is 7.53. The van der Waals surface area contributed by atoms with Crippen LogP contribution in [-0.2, 0) is 16.4 Å². The van der Waals surface area contributed by atoms with Crippen LogP contribution >= 0.6 is 0 Å². The zero-order chi connectivity index (χ0) is 28.9. The number of carbonyl (C=O) groups excluding carboxylic acids is 1. The first kappa shape index (κ1) is 26.5. The minimum atomic E-state index is -3.61. The number of amides is 1. The summed E-state index contributed by atoms with van der Waals surface area (Å²) in [5.74, 6) is 0.135. The lowest BCUT2D eigenvalue weighted by Crippen LogP contribution is -2.25. The van der Waals surface area contributed by atoms with Crippen LogP contribution in [-0.4, -0.2) is 40.4 Å². The second kappa shape index (κ2) is 10.1. The van der Waals surface area contributed by atoms with Gasteiger partial charge in [-0.05, 0) is 35.7 Å². The predicted octanol–water partition coefficient (Wildman–Crippen LogP) is 6.51. The van der Waals surface area contributed by atoms with Crippen LogP contribution in [0.15, 0.2) is 94.3 Å². The molecule has 41 heavy (non-hydrogen) atoms. The zero-order valence-corrected chi connectivity index (χ0v) is 24.0. The number of hydrogen-bond donors (Lipinski definition) is 1. The molecular formula is C33H29N3O4S. The van der Waals surface area contributed by atoms with Gasteiger partial charge in [-0.2, -0.15) is 0 Å². The van der Waals surface area contributed by atoms with Crippen LogP contribution < -0.4 is 9.62 Å². The van der Waals surface area contributed by atoms with Gasteiger partial charge in [0.15, 0.2) is 0 Å². The average molecular weight is 564 g/mol. The molecule has 206 valence electrons. The van der Waals surface area contributed by atoms with Gasteiger partial charge in [-0.15, -0.1) is 0 Å². The number of nitrogens with one attached hydrogen (secondary N) is 1. The summed E-state index contributed by atoms with van der Waals surface area (Å²) >= 11 is 0. The van der Waals surface area contributed by atoms with Gasteiger partial charge in [0.1, 0.15) is 11.3 Å². The third-order valence-corrected chi connectivity index (χ3v) is 8.72. The molecule has 1 amide bonds. The molecular weight excluding hydrogens is 534 g/mol. The highest BCUT2D eigenvalue weighted by molar-refractivity contribution is 7.92. The van der Waals surface area contributed by atoms with Crippen LogP contribution in [0, 0.1) is 6.92 Å². The van der Waals surface area contributed by atoms with Crippen molar-refractivity contribution in [2.75, 3.05) is 24.7 Å². The molecule has 0 saturated heterocycles.